The lowest BCUT2D eigenvalue weighted by molar-refractivity contribution is -0.140. The number of hydrogen-bond acceptors (Lipinski definition) is 6. The summed E-state index contributed by atoms with van der Waals surface area (Å²) >= 11 is 0. The number of aromatic nitrogens is 1. The topological polar surface area (TPSA) is 89.0 Å². The van der Waals surface area contributed by atoms with E-state index in [0.717, 1.165) is 5.56 Å². The van der Waals surface area contributed by atoms with Crippen molar-refractivity contribution in [2.24, 2.45) is 0 Å². The highest BCUT2D eigenvalue weighted by molar-refractivity contribution is 6.46. The molecule has 0 spiro atoms. The molecule has 1 atom stereocenters. The van der Waals surface area contributed by atoms with E-state index in [9.17, 15) is 14.7 Å². The van der Waals surface area contributed by atoms with Crippen molar-refractivity contribution in [3.05, 3.63) is 95.3 Å². The molecule has 1 fully saturated rings. The van der Waals surface area contributed by atoms with E-state index in [1.807, 2.05) is 13.0 Å². The zero-order valence-electron chi connectivity index (χ0n) is 18.4. The second-order valence-corrected chi connectivity index (χ2v) is 7.52. The number of rotatable bonds is 7. The Morgan fingerprint density at radius 3 is 2.33 bits per heavy atom. The van der Waals surface area contributed by atoms with Crippen LogP contribution >= 0.6 is 0 Å². The van der Waals surface area contributed by atoms with E-state index < -0.39 is 17.7 Å². The summed E-state index contributed by atoms with van der Waals surface area (Å²) in [5, 5.41) is 11.1. The van der Waals surface area contributed by atoms with E-state index in [0.29, 0.717) is 29.2 Å². The number of carbonyl (C=O) groups is 2. The number of ether oxygens (including phenoxy) is 2. The van der Waals surface area contributed by atoms with Crippen LogP contribution in [0, 0.1) is 0 Å². The summed E-state index contributed by atoms with van der Waals surface area (Å²) in [4.78, 5) is 31.8. The van der Waals surface area contributed by atoms with Crippen LogP contribution in [0.15, 0.2) is 78.6 Å². The van der Waals surface area contributed by atoms with Crippen molar-refractivity contribution in [3.63, 3.8) is 0 Å². The smallest absolute Gasteiger partial charge is 0.295 e. The zero-order valence-corrected chi connectivity index (χ0v) is 18.4. The lowest BCUT2D eigenvalue weighted by atomic mass is 9.95. The Hall–Kier alpha value is -4.13. The van der Waals surface area contributed by atoms with Crippen LogP contribution in [0.3, 0.4) is 0 Å². The molecule has 0 radical (unpaired) electrons. The number of ketones is 1. The van der Waals surface area contributed by atoms with E-state index in [4.69, 9.17) is 9.47 Å². The maximum absolute atomic E-state index is 13.1. The number of aliphatic hydroxyl groups excluding tert-OH is 1. The molecule has 1 N–H and O–H groups in total. The Labute approximate surface area is 191 Å². The van der Waals surface area contributed by atoms with Crippen LogP contribution in [0.4, 0.5) is 0 Å². The highest BCUT2D eigenvalue weighted by atomic mass is 16.5. The van der Waals surface area contributed by atoms with Gasteiger partial charge < -0.3 is 19.5 Å². The number of pyridine rings is 1. The summed E-state index contributed by atoms with van der Waals surface area (Å²) in [6.07, 6.45) is 3.29. The Morgan fingerprint density at radius 1 is 1.03 bits per heavy atom. The van der Waals surface area contributed by atoms with E-state index in [-0.39, 0.29) is 17.9 Å². The van der Waals surface area contributed by atoms with Gasteiger partial charge in [-0.05, 0) is 60.5 Å². The first kappa shape index (κ1) is 22.1. The second kappa shape index (κ2) is 9.56. The summed E-state index contributed by atoms with van der Waals surface area (Å²) in [5.74, 6) is -0.337. The van der Waals surface area contributed by atoms with Crippen molar-refractivity contribution in [1.82, 2.24) is 9.88 Å². The maximum atomic E-state index is 13.1. The van der Waals surface area contributed by atoms with Gasteiger partial charge in [0.1, 0.15) is 17.3 Å². The van der Waals surface area contributed by atoms with Gasteiger partial charge in [-0.3, -0.25) is 14.6 Å². The van der Waals surface area contributed by atoms with Crippen molar-refractivity contribution in [1.29, 1.82) is 0 Å². The normalized spacial score (nSPS) is 17.3. The summed E-state index contributed by atoms with van der Waals surface area (Å²) in [6, 6.07) is 16.7. The molecule has 1 aliphatic heterocycles. The van der Waals surface area contributed by atoms with Crippen LogP contribution in [0.2, 0.25) is 0 Å². The Morgan fingerprint density at radius 2 is 1.73 bits per heavy atom. The van der Waals surface area contributed by atoms with Gasteiger partial charge in [0.05, 0.1) is 25.3 Å². The van der Waals surface area contributed by atoms with Crippen LogP contribution in [0.5, 0.6) is 11.5 Å². The van der Waals surface area contributed by atoms with Gasteiger partial charge in [0.25, 0.3) is 11.7 Å². The highest BCUT2D eigenvalue weighted by Crippen LogP contribution is 2.40. The van der Waals surface area contributed by atoms with Crippen molar-refractivity contribution >= 4 is 17.4 Å². The third-order valence-corrected chi connectivity index (χ3v) is 5.49. The summed E-state index contributed by atoms with van der Waals surface area (Å²) in [5.41, 5.74) is 1.93. The molecule has 3 aromatic rings. The maximum Gasteiger partial charge on any atom is 0.295 e. The largest absolute Gasteiger partial charge is 0.507 e. The van der Waals surface area contributed by atoms with E-state index in [1.54, 1.807) is 74.1 Å². The van der Waals surface area contributed by atoms with Crippen LogP contribution in [0.1, 0.15) is 29.7 Å². The third-order valence-electron chi connectivity index (χ3n) is 5.49. The van der Waals surface area contributed by atoms with Crippen molar-refractivity contribution in [3.8, 4) is 11.5 Å². The number of aliphatic hydroxyl groups is 1. The van der Waals surface area contributed by atoms with Crippen molar-refractivity contribution in [2.75, 3.05) is 13.7 Å². The molecule has 7 nitrogen and oxygen atoms in total. The first-order valence-electron chi connectivity index (χ1n) is 10.6. The van der Waals surface area contributed by atoms with Crippen LogP contribution in [-0.4, -0.2) is 40.4 Å². The quantitative estimate of drug-likeness (QED) is 0.335. The molecule has 1 aliphatic rings. The number of hydrogen-bond donors (Lipinski definition) is 1. The van der Waals surface area contributed by atoms with Crippen LogP contribution in [0.25, 0.3) is 5.76 Å². The van der Waals surface area contributed by atoms with Gasteiger partial charge in [-0.25, -0.2) is 0 Å². The van der Waals surface area contributed by atoms with E-state index >= 15 is 0 Å². The molecule has 0 aliphatic carbocycles. The highest BCUT2D eigenvalue weighted by Gasteiger charge is 2.46. The molecule has 1 unspecified atom stereocenters. The Balaban J connectivity index is 1.81. The van der Waals surface area contributed by atoms with Gasteiger partial charge in [-0.2, -0.15) is 0 Å². The molecule has 33 heavy (non-hydrogen) atoms. The predicted molar refractivity (Wildman–Crippen MR) is 123 cm³/mol. The fourth-order valence-electron chi connectivity index (χ4n) is 3.90. The van der Waals surface area contributed by atoms with Gasteiger partial charge >= 0.3 is 0 Å². The minimum atomic E-state index is -0.761. The molecule has 0 bridgehead atoms. The molecular formula is C26H24N2O5. The molecule has 1 amide bonds. The average Bonchev–Trinajstić information content (AvgIpc) is 3.10. The monoisotopic (exact) mass is 444 g/mol. The van der Waals surface area contributed by atoms with Gasteiger partial charge in [0.15, 0.2) is 0 Å². The number of benzene rings is 2. The van der Waals surface area contributed by atoms with E-state index in [2.05, 4.69) is 4.98 Å². The molecule has 168 valence electrons. The lowest BCUT2D eigenvalue weighted by Gasteiger charge is -2.25. The van der Waals surface area contributed by atoms with E-state index in [1.165, 1.54) is 4.90 Å². The van der Waals surface area contributed by atoms with Crippen molar-refractivity contribution < 1.29 is 24.2 Å². The Bertz CT molecular complexity index is 1170. The fourth-order valence-corrected chi connectivity index (χ4v) is 3.90. The first-order chi connectivity index (χ1) is 16.0. The molecule has 7 heteroatoms. The number of methoxy groups -OCH3 is 1. The number of Topliss-reactive ketones (excluding diaryl/α,β-unsaturated/α-hetero) is 1. The molecular weight excluding hydrogens is 420 g/mol. The zero-order chi connectivity index (χ0) is 23.4. The summed E-state index contributed by atoms with van der Waals surface area (Å²) in [6.45, 7) is 2.57. The lowest BCUT2D eigenvalue weighted by Crippen LogP contribution is -2.29. The molecule has 0 saturated carbocycles. The Kier molecular flexibility index (Phi) is 6.40. The van der Waals surface area contributed by atoms with Gasteiger partial charge in [-0.1, -0.05) is 18.2 Å². The van der Waals surface area contributed by atoms with Gasteiger partial charge in [0, 0.05) is 24.5 Å². The average molecular weight is 444 g/mol. The first-order valence-corrected chi connectivity index (χ1v) is 10.6. The van der Waals surface area contributed by atoms with Crippen LogP contribution in [-0.2, 0) is 16.1 Å². The number of likely N-dealkylation sites (tertiary alicyclic amines) is 1. The molecule has 1 aromatic heterocycles. The standard InChI is InChI=1S/C26H24N2O5/c1-3-33-21-12-8-19(9-13-21)24(29)22-23(18-6-10-20(32-2)11-7-18)28(26(31)25(22)30)16-17-5-4-14-27-15-17/h4-15,23,29H,3,16H2,1-2H3/b24-22-. The molecule has 4 rings (SSSR count). The summed E-state index contributed by atoms with van der Waals surface area (Å²) < 4.78 is 10.7. The van der Waals surface area contributed by atoms with Gasteiger partial charge in [-0.15, -0.1) is 0 Å². The molecule has 2 aromatic carbocycles. The fraction of sp³-hybridized carbons (Fsp3) is 0.192. The molecule has 1 saturated heterocycles. The number of carbonyl (C=O) groups excluding carboxylic acids is 2. The summed E-state index contributed by atoms with van der Waals surface area (Å²) in [7, 11) is 1.56. The minimum absolute atomic E-state index is 0.0400. The molecule has 2 heterocycles. The minimum Gasteiger partial charge on any atom is -0.507 e. The second-order valence-electron chi connectivity index (χ2n) is 7.52. The number of nitrogens with zero attached hydrogens (tertiary/aromatic N) is 2. The SMILES string of the molecule is CCOc1ccc(/C(O)=C2/C(=O)C(=O)N(Cc3cccnc3)C2c2ccc(OC)cc2)cc1. The van der Waals surface area contributed by atoms with Gasteiger partial charge in [0.2, 0.25) is 0 Å². The number of amides is 1. The predicted octanol–water partition coefficient (Wildman–Crippen LogP) is 4.11. The van der Waals surface area contributed by atoms with Crippen LogP contribution < -0.4 is 9.47 Å². The van der Waals surface area contributed by atoms with Crippen molar-refractivity contribution in [2.45, 2.75) is 19.5 Å². The third kappa shape index (κ3) is 4.43.